The van der Waals surface area contributed by atoms with Crippen molar-refractivity contribution in [1.29, 1.82) is 0 Å². The molecule has 0 aliphatic carbocycles. The standard InChI is InChI=1S/C50H89N3O2/c1-15-21-23-41(17-3)31-47-46(49(54)53(51-47)35-42(18-4)24-22-16-2)32-44-25-26-45(52(19-5)20-6)33-48(44)55-36-43(30-40(11)34-50(12,13)14)29-39(10)28-38(9)27-37(7)8/h25-26,32-33,37-43H,15-24,27-31,34-36H2,1-14H3. The third-order valence-electron chi connectivity index (χ3n) is 12.0. The zero-order valence-electron chi connectivity index (χ0n) is 38.7. The van der Waals surface area contributed by atoms with Gasteiger partial charge >= 0.3 is 0 Å². The largest absolute Gasteiger partial charge is 0.493 e. The minimum absolute atomic E-state index is 0.0623. The average Bonchev–Trinajstić information content (AvgIpc) is 3.39. The first-order valence-corrected chi connectivity index (χ1v) is 23.2. The minimum Gasteiger partial charge on any atom is -0.493 e. The SMILES string of the molecule is CCCCC(CC)CC1=NN(CC(CC)CCCC)C(=O)C1=Cc1ccc(N(CC)CC)cc1OCC(CC(C)CC(C)CC(C)C)CC(C)CC(C)(C)C. The summed E-state index contributed by atoms with van der Waals surface area (Å²) < 4.78 is 7.03. The van der Waals surface area contributed by atoms with Crippen LogP contribution in [0.4, 0.5) is 5.69 Å². The monoisotopic (exact) mass is 764 g/mol. The number of hydrazone groups is 1. The molecule has 1 amide bonds. The van der Waals surface area contributed by atoms with Crippen LogP contribution in [0.2, 0.25) is 0 Å². The normalized spacial score (nSPS) is 17.7. The molecular formula is C50H89N3O2. The van der Waals surface area contributed by atoms with E-state index in [2.05, 4.69) is 126 Å². The summed E-state index contributed by atoms with van der Waals surface area (Å²) in [7, 11) is 0. The molecule has 316 valence electrons. The van der Waals surface area contributed by atoms with E-state index in [9.17, 15) is 4.79 Å². The molecule has 1 aromatic rings. The third-order valence-corrected chi connectivity index (χ3v) is 12.0. The fraction of sp³-hybridized carbons (Fsp3) is 0.800. The fourth-order valence-electron chi connectivity index (χ4n) is 9.40. The third kappa shape index (κ3) is 17.8. The van der Waals surface area contributed by atoms with Gasteiger partial charge in [0.1, 0.15) is 5.75 Å². The van der Waals surface area contributed by atoms with Gasteiger partial charge in [0.2, 0.25) is 0 Å². The molecule has 0 radical (unpaired) electrons. The summed E-state index contributed by atoms with van der Waals surface area (Å²) in [6, 6.07) is 6.65. The van der Waals surface area contributed by atoms with Gasteiger partial charge in [0, 0.05) is 37.0 Å². The molecule has 1 heterocycles. The molecular weight excluding hydrogens is 675 g/mol. The lowest BCUT2D eigenvalue weighted by atomic mass is 9.79. The number of anilines is 1. The van der Waals surface area contributed by atoms with Crippen LogP contribution in [0.1, 0.15) is 192 Å². The Kier molecular flexibility index (Phi) is 22.3. The molecule has 0 spiro atoms. The van der Waals surface area contributed by atoms with Crippen molar-refractivity contribution in [2.45, 2.75) is 187 Å². The Morgan fingerprint density at radius 3 is 1.95 bits per heavy atom. The highest BCUT2D eigenvalue weighted by Crippen LogP contribution is 2.35. The highest BCUT2D eigenvalue weighted by Gasteiger charge is 2.33. The molecule has 1 aliphatic heterocycles. The van der Waals surface area contributed by atoms with E-state index in [0.29, 0.717) is 48.2 Å². The topological polar surface area (TPSA) is 45.1 Å². The van der Waals surface area contributed by atoms with Crippen molar-refractivity contribution in [3.8, 4) is 5.75 Å². The minimum atomic E-state index is 0.0623. The van der Waals surface area contributed by atoms with E-state index >= 15 is 0 Å². The van der Waals surface area contributed by atoms with E-state index < -0.39 is 0 Å². The molecule has 1 aromatic carbocycles. The Bertz CT molecular complexity index is 1290. The molecule has 55 heavy (non-hydrogen) atoms. The van der Waals surface area contributed by atoms with E-state index in [1.807, 2.05) is 5.01 Å². The smallest absolute Gasteiger partial charge is 0.275 e. The number of carbonyl (C=O) groups excluding carboxylic acids is 1. The van der Waals surface area contributed by atoms with Crippen LogP contribution >= 0.6 is 0 Å². The predicted molar refractivity (Wildman–Crippen MR) is 242 cm³/mol. The lowest BCUT2D eigenvalue weighted by molar-refractivity contribution is -0.126. The van der Waals surface area contributed by atoms with Gasteiger partial charge in [-0.25, -0.2) is 5.01 Å². The number of hydrogen-bond acceptors (Lipinski definition) is 4. The van der Waals surface area contributed by atoms with E-state index in [0.717, 1.165) is 73.2 Å². The molecule has 0 saturated heterocycles. The Hall–Kier alpha value is -2.30. The quantitative estimate of drug-likeness (QED) is 0.0799. The molecule has 5 heteroatoms. The number of ether oxygens (including phenoxy) is 1. The highest BCUT2D eigenvalue weighted by atomic mass is 16.5. The van der Waals surface area contributed by atoms with Crippen LogP contribution in [-0.4, -0.2) is 42.9 Å². The lowest BCUT2D eigenvalue weighted by Crippen LogP contribution is -2.28. The van der Waals surface area contributed by atoms with E-state index in [1.165, 1.54) is 69.9 Å². The average molecular weight is 764 g/mol. The van der Waals surface area contributed by atoms with Gasteiger partial charge in [-0.15, -0.1) is 0 Å². The van der Waals surface area contributed by atoms with Crippen LogP contribution in [-0.2, 0) is 4.79 Å². The summed E-state index contributed by atoms with van der Waals surface area (Å²) in [5, 5.41) is 6.95. The second kappa shape index (κ2) is 25.1. The zero-order valence-corrected chi connectivity index (χ0v) is 38.7. The van der Waals surface area contributed by atoms with Crippen LogP contribution in [0.15, 0.2) is 28.9 Å². The Morgan fingerprint density at radius 1 is 0.782 bits per heavy atom. The zero-order chi connectivity index (χ0) is 41.1. The van der Waals surface area contributed by atoms with Gasteiger partial charge in [-0.1, -0.05) is 128 Å². The first-order chi connectivity index (χ1) is 26.1. The van der Waals surface area contributed by atoms with Gasteiger partial charge in [-0.3, -0.25) is 4.79 Å². The highest BCUT2D eigenvalue weighted by molar-refractivity contribution is 6.27. The molecule has 6 atom stereocenters. The Morgan fingerprint density at radius 2 is 1.38 bits per heavy atom. The first-order valence-electron chi connectivity index (χ1n) is 23.2. The number of rotatable bonds is 28. The molecule has 0 aromatic heterocycles. The first kappa shape index (κ1) is 48.8. The summed E-state index contributed by atoms with van der Waals surface area (Å²) in [5.74, 6) is 5.17. The second-order valence-corrected chi connectivity index (χ2v) is 19.5. The number of hydrogen-bond donors (Lipinski definition) is 0. The van der Waals surface area contributed by atoms with E-state index in [1.54, 1.807) is 0 Å². The van der Waals surface area contributed by atoms with Gasteiger partial charge in [0.15, 0.2) is 0 Å². The van der Waals surface area contributed by atoms with Crippen molar-refractivity contribution in [1.82, 2.24) is 5.01 Å². The summed E-state index contributed by atoms with van der Waals surface area (Å²) in [5.41, 5.74) is 4.21. The van der Waals surface area contributed by atoms with Crippen LogP contribution in [0.5, 0.6) is 5.75 Å². The van der Waals surface area contributed by atoms with Crippen molar-refractivity contribution in [2.75, 3.05) is 31.1 Å². The molecule has 0 saturated carbocycles. The van der Waals surface area contributed by atoms with Gasteiger partial charge in [0.25, 0.3) is 5.91 Å². The van der Waals surface area contributed by atoms with Crippen LogP contribution in [0, 0.1) is 46.8 Å². The van der Waals surface area contributed by atoms with Crippen molar-refractivity contribution >= 4 is 23.4 Å². The second-order valence-electron chi connectivity index (χ2n) is 19.5. The maximum absolute atomic E-state index is 14.4. The Balaban J connectivity index is 2.57. The van der Waals surface area contributed by atoms with Crippen molar-refractivity contribution in [3.05, 3.63) is 29.3 Å². The molecule has 0 N–H and O–H groups in total. The maximum atomic E-state index is 14.4. The van der Waals surface area contributed by atoms with Gasteiger partial charge in [-0.05, 0) is 124 Å². The number of unbranched alkanes of at least 4 members (excludes halogenated alkanes) is 2. The summed E-state index contributed by atoms with van der Waals surface area (Å²) in [6.45, 7) is 35.9. The molecule has 2 rings (SSSR count). The number of nitrogens with zero attached hydrogens (tertiary/aromatic N) is 3. The molecule has 6 unspecified atom stereocenters. The molecule has 0 fully saturated rings. The van der Waals surface area contributed by atoms with E-state index in [4.69, 9.17) is 9.84 Å². The summed E-state index contributed by atoms with van der Waals surface area (Å²) in [4.78, 5) is 16.8. The number of benzene rings is 1. The van der Waals surface area contributed by atoms with Gasteiger partial charge in [-0.2, -0.15) is 5.10 Å². The number of carbonyl (C=O) groups is 1. The van der Waals surface area contributed by atoms with Crippen LogP contribution in [0.3, 0.4) is 0 Å². The van der Waals surface area contributed by atoms with Gasteiger partial charge in [0.05, 0.1) is 17.9 Å². The van der Waals surface area contributed by atoms with Crippen molar-refractivity contribution in [3.63, 3.8) is 0 Å². The Labute approximate surface area is 341 Å². The van der Waals surface area contributed by atoms with Crippen molar-refractivity contribution < 1.29 is 9.53 Å². The summed E-state index contributed by atoms with van der Waals surface area (Å²) >= 11 is 0. The molecule has 5 nitrogen and oxygen atoms in total. The maximum Gasteiger partial charge on any atom is 0.275 e. The summed E-state index contributed by atoms with van der Waals surface area (Å²) in [6.07, 6.45) is 18.4. The molecule has 0 bridgehead atoms. The van der Waals surface area contributed by atoms with Crippen LogP contribution in [0.25, 0.3) is 6.08 Å². The van der Waals surface area contributed by atoms with Gasteiger partial charge < -0.3 is 9.64 Å². The molecule has 1 aliphatic rings. The predicted octanol–water partition coefficient (Wildman–Crippen LogP) is 14.5. The van der Waals surface area contributed by atoms with E-state index in [-0.39, 0.29) is 5.91 Å². The van der Waals surface area contributed by atoms with Crippen LogP contribution < -0.4 is 9.64 Å². The lowest BCUT2D eigenvalue weighted by Gasteiger charge is -2.29. The van der Waals surface area contributed by atoms with Crippen molar-refractivity contribution in [2.24, 2.45) is 51.9 Å². The fourth-order valence-corrected chi connectivity index (χ4v) is 9.40. The number of amides is 1.